The minimum absolute atomic E-state index is 0.265. The zero-order valence-corrected chi connectivity index (χ0v) is 10.0. The number of pyridine rings is 1. The summed E-state index contributed by atoms with van der Waals surface area (Å²) in [6.45, 7) is -0.157. The third kappa shape index (κ3) is 3.40. The highest BCUT2D eigenvalue weighted by Crippen LogP contribution is 2.16. The van der Waals surface area contributed by atoms with Gasteiger partial charge in [-0.1, -0.05) is 17.7 Å². The van der Waals surface area contributed by atoms with Gasteiger partial charge in [0.15, 0.2) is 12.2 Å². The van der Waals surface area contributed by atoms with Crippen molar-refractivity contribution in [1.82, 2.24) is 9.97 Å². The first-order valence-corrected chi connectivity index (χ1v) is 5.54. The maximum Gasteiger partial charge on any atom is 0.255 e. The molecule has 0 aromatic carbocycles. The van der Waals surface area contributed by atoms with Gasteiger partial charge in [0, 0.05) is 12.7 Å². The van der Waals surface area contributed by atoms with Crippen LogP contribution in [0.3, 0.4) is 0 Å². The Morgan fingerprint density at radius 1 is 1.33 bits per heavy atom. The van der Waals surface area contributed by atoms with Crippen molar-refractivity contribution in [3.63, 3.8) is 0 Å². The predicted octanol–water partition coefficient (Wildman–Crippen LogP) is 2.99. The molecule has 0 aliphatic heterocycles. The second kappa shape index (κ2) is 5.77. The van der Waals surface area contributed by atoms with Crippen LogP contribution in [-0.2, 0) is 6.54 Å². The summed E-state index contributed by atoms with van der Waals surface area (Å²) >= 11 is 5.66. The second-order valence-corrected chi connectivity index (χ2v) is 3.99. The number of anilines is 1. The molecule has 2 rings (SSSR count). The van der Waals surface area contributed by atoms with Crippen molar-refractivity contribution >= 4 is 17.4 Å². The molecule has 18 heavy (non-hydrogen) atoms. The van der Waals surface area contributed by atoms with Gasteiger partial charge in [-0.05, 0) is 11.6 Å². The van der Waals surface area contributed by atoms with Gasteiger partial charge in [0.1, 0.15) is 11.4 Å². The molecule has 0 fully saturated rings. The van der Waals surface area contributed by atoms with Gasteiger partial charge in [0.25, 0.3) is 6.43 Å². The largest absolute Gasteiger partial charge is 0.449 e. The zero-order chi connectivity index (χ0) is 13.0. The molecular formula is C11H10ClF2N3O. The van der Waals surface area contributed by atoms with E-state index in [4.69, 9.17) is 16.0 Å². The molecule has 0 saturated heterocycles. The molecule has 0 amide bonds. The van der Waals surface area contributed by atoms with E-state index in [0.29, 0.717) is 11.0 Å². The number of hydrogen-bond acceptors (Lipinski definition) is 4. The van der Waals surface area contributed by atoms with Crippen LogP contribution in [-0.4, -0.2) is 22.9 Å². The van der Waals surface area contributed by atoms with E-state index in [9.17, 15) is 8.78 Å². The average molecular weight is 274 g/mol. The zero-order valence-electron chi connectivity index (χ0n) is 9.26. The summed E-state index contributed by atoms with van der Waals surface area (Å²) in [5.74, 6) is 0.366. The summed E-state index contributed by atoms with van der Waals surface area (Å²) in [6, 6.07) is 3.34. The van der Waals surface area contributed by atoms with E-state index in [0.717, 1.165) is 5.56 Å². The lowest BCUT2D eigenvalue weighted by molar-refractivity contribution is 0.154. The first-order chi connectivity index (χ1) is 8.65. The van der Waals surface area contributed by atoms with Crippen LogP contribution in [0.1, 0.15) is 5.56 Å². The fourth-order valence-corrected chi connectivity index (χ4v) is 1.60. The maximum atomic E-state index is 12.5. The lowest BCUT2D eigenvalue weighted by atomic mass is 10.2. The van der Waals surface area contributed by atoms with Crippen LogP contribution in [0.2, 0.25) is 5.15 Å². The first-order valence-electron chi connectivity index (χ1n) is 5.17. The Bertz CT molecular complexity index is 476. The standard InChI is InChI=1S/C11H10ClF2N3O/c12-9-2-1-8(3-15-9)4-17(5-10(13)14)11-6-18-7-16-11/h1-3,6-7,10H,4-5H2. The van der Waals surface area contributed by atoms with Crippen molar-refractivity contribution in [3.05, 3.63) is 41.7 Å². The Morgan fingerprint density at radius 2 is 2.17 bits per heavy atom. The fourth-order valence-electron chi connectivity index (χ4n) is 1.49. The molecule has 0 N–H and O–H groups in total. The van der Waals surface area contributed by atoms with E-state index < -0.39 is 13.0 Å². The van der Waals surface area contributed by atoms with Gasteiger partial charge in [-0.2, -0.15) is 4.98 Å². The van der Waals surface area contributed by atoms with Crippen molar-refractivity contribution in [3.8, 4) is 0 Å². The third-order valence-electron chi connectivity index (χ3n) is 2.26. The lowest BCUT2D eigenvalue weighted by Crippen LogP contribution is -2.28. The van der Waals surface area contributed by atoms with E-state index in [1.54, 1.807) is 18.3 Å². The quantitative estimate of drug-likeness (QED) is 0.786. The molecule has 7 heteroatoms. The number of hydrogen-bond donors (Lipinski definition) is 0. The smallest absolute Gasteiger partial charge is 0.255 e. The van der Waals surface area contributed by atoms with Crippen molar-refractivity contribution in [2.24, 2.45) is 0 Å². The summed E-state index contributed by atoms with van der Waals surface area (Å²) in [5, 5.41) is 0.362. The SMILES string of the molecule is FC(F)CN(Cc1ccc(Cl)nc1)c1cocn1. The Balaban J connectivity index is 2.12. The van der Waals surface area contributed by atoms with Crippen molar-refractivity contribution in [2.75, 3.05) is 11.4 Å². The molecule has 0 bridgehead atoms. The number of alkyl halides is 2. The monoisotopic (exact) mass is 273 g/mol. The molecule has 0 saturated carbocycles. The Hall–Kier alpha value is -1.69. The summed E-state index contributed by atoms with van der Waals surface area (Å²) in [5.41, 5.74) is 0.767. The maximum absolute atomic E-state index is 12.5. The van der Waals surface area contributed by atoms with Gasteiger partial charge in [-0.25, -0.2) is 13.8 Å². The topological polar surface area (TPSA) is 42.2 Å². The normalized spacial score (nSPS) is 10.9. The van der Waals surface area contributed by atoms with Crippen LogP contribution >= 0.6 is 11.6 Å². The van der Waals surface area contributed by atoms with Gasteiger partial charge in [-0.3, -0.25) is 0 Å². The van der Waals surface area contributed by atoms with Gasteiger partial charge >= 0.3 is 0 Å². The molecule has 0 unspecified atom stereocenters. The van der Waals surface area contributed by atoms with E-state index in [2.05, 4.69) is 9.97 Å². The molecule has 4 nitrogen and oxygen atoms in total. The molecule has 0 radical (unpaired) electrons. The van der Waals surface area contributed by atoms with Crippen LogP contribution in [0.25, 0.3) is 0 Å². The number of oxazole rings is 1. The van der Waals surface area contributed by atoms with Crippen LogP contribution in [0.15, 0.2) is 35.4 Å². The van der Waals surface area contributed by atoms with Gasteiger partial charge < -0.3 is 9.32 Å². The van der Waals surface area contributed by atoms with E-state index in [1.165, 1.54) is 17.6 Å². The van der Waals surface area contributed by atoms with Crippen molar-refractivity contribution in [1.29, 1.82) is 0 Å². The van der Waals surface area contributed by atoms with E-state index in [-0.39, 0.29) is 6.54 Å². The Kier molecular flexibility index (Phi) is 4.09. The van der Waals surface area contributed by atoms with E-state index >= 15 is 0 Å². The molecule has 2 heterocycles. The highest BCUT2D eigenvalue weighted by Gasteiger charge is 2.15. The van der Waals surface area contributed by atoms with Crippen LogP contribution in [0.5, 0.6) is 0 Å². The van der Waals surface area contributed by atoms with Crippen LogP contribution < -0.4 is 4.90 Å². The lowest BCUT2D eigenvalue weighted by Gasteiger charge is -2.21. The minimum atomic E-state index is -2.46. The summed E-state index contributed by atoms with van der Waals surface area (Å²) in [6.07, 6.45) is 1.61. The highest BCUT2D eigenvalue weighted by molar-refractivity contribution is 6.29. The molecular weight excluding hydrogens is 264 g/mol. The second-order valence-electron chi connectivity index (χ2n) is 3.61. The van der Waals surface area contributed by atoms with Crippen LogP contribution in [0.4, 0.5) is 14.6 Å². The molecule has 2 aromatic rings. The fraction of sp³-hybridized carbons (Fsp3) is 0.273. The summed E-state index contributed by atoms with van der Waals surface area (Å²) in [7, 11) is 0. The predicted molar refractivity (Wildman–Crippen MR) is 62.8 cm³/mol. The van der Waals surface area contributed by atoms with Crippen molar-refractivity contribution in [2.45, 2.75) is 13.0 Å². The van der Waals surface area contributed by atoms with Crippen LogP contribution in [0, 0.1) is 0 Å². The third-order valence-corrected chi connectivity index (χ3v) is 2.49. The minimum Gasteiger partial charge on any atom is -0.449 e. The molecule has 2 aromatic heterocycles. The number of aromatic nitrogens is 2. The average Bonchev–Trinajstić information content (AvgIpc) is 2.84. The number of rotatable bonds is 5. The molecule has 0 atom stereocenters. The Labute approximate surface area is 107 Å². The number of halogens is 3. The summed E-state index contributed by atoms with van der Waals surface area (Å²) in [4.78, 5) is 9.18. The van der Waals surface area contributed by atoms with E-state index in [1.807, 2.05) is 0 Å². The Morgan fingerprint density at radius 3 is 2.72 bits per heavy atom. The first kappa shape index (κ1) is 12.8. The molecule has 0 aliphatic rings. The molecule has 96 valence electrons. The van der Waals surface area contributed by atoms with Gasteiger partial charge in [0.05, 0.1) is 6.54 Å². The molecule has 0 spiro atoms. The van der Waals surface area contributed by atoms with Crippen molar-refractivity contribution < 1.29 is 13.2 Å². The summed E-state index contributed by atoms with van der Waals surface area (Å²) < 4.78 is 29.8. The molecule has 0 aliphatic carbocycles. The van der Waals surface area contributed by atoms with Gasteiger partial charge in [0.2, 0.25) is 0 Å². The highest BCUT2D eigenvalue weighted by atomic mass is 35.5. The number of nitrogens with zero attached hydrogens (tertiary/aromatic N) is 3. The van der Waals surface area contributed by atoms with Gasteiger partial charge in [-0.15, -0.1) is 0 Å².